The van der Waals surface area contributed by atoms with E-state index in [9.17, 15) is 18.0 Å². The number of nitrogens with one attached hydrogen (secondary N) is 1. The number of sulfonamides is 1. The van der Waals surface area contributed by atoms with Crippen molar-refractivity contribution in [2.75, 3.05) is 25.1 Å². The van der Waals surface area contributed by atoms with Crippen molar-refractivity contribution in [3.63, 3.8) is 0 Å². The van der Waals surface area contributed by atoms with E-state index in [-0.39, 0.29) is 28.8 Å². The fraction of sp³-hybridized carbons (Fsp3) is 0.355. The minimum atomic E-state index is -4.28. The van der Waals surface area contributed by atoms with Crippen molar-refractivity contribution >= 4 is 39.1 Å². The van der Waals surface area contributed by atoms with Gasteiger partial charge in [0, 0.05) is 23.2 Å². The van der Waals surface area contributed by atoms with Crippen LogP contribution in [-0.4, -0.2) is 57.5 Å². The third-order valence-electron chi connectivity index (χ3n) is 6.45. The standard InChI is InChI=1S/C31H38ClN3O6S/c1-21-11-14-26(15-12-21)42(38,39)35(27-18-25(40-6)13-16-28(27)41-7)20-29(36)34(19-23-9-8-10-24(32)17-23)22(2)30(37)33-31(3,4)5/h8-18,22H,19-20H2,1-7H3,(H,33,37)/t22-/m1/s1. The lowest BCUT2D eigenvalue weighted by Gasteiger charge is -2.33. The van der Waals surface area contributed by atoms with Gasteiger partial charge in [-0.25, -0.2) is 8.42 Å². The highest BCUT2D eigenvalue weighted by atomic mass is 35.5. The van der Waals surface area contributed by atoms with Gasteiger partial charge in [-0.3, -0.25) is 13.9 Å². The molecule has 0 bridgehead atoms. The van der Waals surface area contributed by atoms with Crippen molar-refractivity contribution in [2.24, 2.45) is 0 Å². The lowest BCUT2D eigenvalue weighted by atomic mass is 10.1. The number of amides is 2. The van der Waals surface area contributed by atoms with Crippen molar-refractivity contribution in [1.82, 2.24) is 10.2 Å². The van der Waals surface area contributed by atoms with E-state index in [1.54, 1.807) is 55.5 Å². The topological polar surface area (TPSA) is 105 Å². The number of hydrogen-bond donors (Lipinski definition) is 1. The summed E-state index contributed by atoms with van der Waals surface area (Å²) in [5, 5.41) is 3.37. The highest BCUT2D eigenvalue weighted by Crippen LogP contribution is 2.36. The Kier molecular flexibility index (Phi) is 10.5. The van der Waals surface area contributed by atoms with Crippen LogP contribution in [0.15, 0.2) is 71.6 Å². The third kappa shape index (κ3) is 8.17. The zero-order chi connectivity index (χ0) is 31.2. The molecule has 0 fully saturated rings. The molecular formula is C31H38ClN3O6S. The molecule has 0 aromatic heterocycles. The van der Waals surface area contributed by atoms with E-state index >= 15 is 0 Å². The number of benzene rings is 3. The Labute approximate surface area is 253 Å². The molecule has 0 saturated carbocycles. The van der Waals surface area contributed by atoms with Crippen LogP contribution in [0.5, 0.6) is 11.5 Å². The Morgan fingerprint density at radius 2 is 1.64 bits per heavy atom. The molecule has 0 aliphatic carbocycles. The first kappa shape index (κ1) is 32.8. The summed E-state index contributed by atoms with van der Waals surface area (Å²) in [5.41, 5.74) is 1.12. The lowest BCUT2D eigenvalue weighted by Crippen LogP contribution is -2.54. The SMILES string of the molecule is COc1ccc(OC)c(N(CC(=O)N(Cc2cccc(Cl)c2)[C@H](C)C(=O)NC(C)(C)C)S(=O)(=O)c2ccc(C)cc2)c1. The molecular weight excluding hydrogens is 578 g/mol. The van der Waals surface area contributed by atoms with Gasteiger partial charge in [-0.05, 0) is 76.6 Å². The van der Waals surface area contributed by atoms with Gasteiger partial charge < -0.3 is 19.7 Å². The predicted octanol–water partition coefficient (Wildman–Crippen LogP) is 5.19. The van der Waals surface area contributed by atoms with Crippen molar-refractivity contribution in [2.45, 2.75) is 57.6 Å². The van der Waals surface area contributed by atoms with E-state index in [0.717, 1.165) is 9.87 Å². The van der Waals surface area contributed by atoms with Crippen molar-refractivity contribution in [3.8, 4) is 11.5 Å². The monoisotopic (exact) mass is 615 g/mol. The van der Waals surface area contributed by atoms with Crippen LogP contribution in [0.25, 0.3) is 0 Å². The summed E-state index contributed by atoms with van der Waals surface area (Å²) in [5.74, 6) is -0.396. The smallest absolute Gasteiger partial charge is 0.264 e. The maximum Gasteiger partial charge on any atom is 0.264 e. The Morgan fingerprint density at radius 3 is 2.21 bits per heavy atom. The summed E-state index contributed by atoms with van der Waals surface area (Å²) in [6, 6.07) is 17.0. The van der Waals surface area contributed by atoms with Gasteiger partial charge in [0.1, 0.15) is 24.1 Å². The number of ether oxygens (including phenoxy) is 2. The van der Waals surface area contributed by atoms with E-state index in [4.69, 9.17) is 21.1 Å². The summed E-state index contributed by atoms with van der Waals surface area (Å²) in [7, 11) is -1.42. The molecule has 9 nitrogen and oxygen atoms in total. The predicted molar refractivity (Wildman–Crippen MR) is 165 cm³/mol. The van der Waals surface area contributed by atoms with Crippen LogP contribution in [0, 0.1) is 6.92 Å². The molecule has 1 atom stereocenters. The molecule has 0 aliphatic heterocycles. The van der Waals surface area contributed by atoms with Gasteiger partial charge >= 0.3 is 0 Å². The van der Waals surface area contributed by atoms with Crippen LogP contribution in [0.2, 0.25) is 5.02 Å². The van der Waals surface area contributed by atoms with Crippen molar-refractivity contribution < 1.29 is 27.5 Å². The Balaban J connectivity index is 2.13. The minimum Gasteiger partial charge on any atom is -0.497 e. The zero-order valence-electron chi connectivity index (χ0n) is 25.0. The van der Waals surface area contributed by atoms with Gasteiger partial charge in [0.2, 0.25) is 11.8 Å². The second kappa shape index (κ2) is 13.5. The van der Waals surface area contributed by atoms with Crippen LogP contribution < -0.4 is 19.1 Å². The normalized spacial score (nSPS) is 12.3. The first-order chi connectivity index (χ1) is 19.7. The van der Waals surface area contributed by atoms with Gasteiger partial charge in [-0.15, -0.1) is 0 Å². The number of carbonyl (C=O) groups excluding carboxylic acids is 2. The number of rotatable bonds is 11. The lowest BCUT2D eigenvalue weighted by molar-refractivity contribution is -0.140. The summed E-state index contributed by atoms with van der Waals surface area (Å²) in [6.07, 6.45) is 0. The quantitative estimate of drug-likeness (QED) is 0.318. The van der Waals surface area contributed by atoms with Crippen LogP contribution in [0.4, 0.5) is 5.69 Å². The Morgan fingerprint density at radius 1 is 0.976 bits per heavy atom. The summed E-state index contributed by atoms with van der Waals surface area (Å²) < 4.78 is 40.1. The molecule has 1 N–H and O–H groups in total. The summed E-state index contributed by atoms with van der Waals surface area (Å²) in [6.45, 7) is 8.37. The molecule has 0 spiro atoms. The molecule has 3 aromatic carbocycles. The van der Waals surface area contributed by atoms with Crippen molar-refractivity contribution in [1.29, 1.82) is 0 Å². The number of hydrogen-bond acceptors (Lipinski definition) is 6. The van der Waals surface area contributed by atoms with E-state index in [2.05, 4.69) is 5.32 Å². The number of carbonyl (C=O) groups is 2. The average molecular weight is 616 g/mol. The van der Waals surface area contributed by atoms with Crippen LogP contribution >= 0.6 is 11.6 Å². The molecule has 3 rings (SSSR count). The molecule has 0 heterocycles. The highest BCUT2D eigenvalue weighted by Gasteiger charge is 2.34. The van der Waals surface area contributed by atoms with Crippen molar-refractivity contribution in [3.05, 3.63) is 82.9 Å². The van der Waals surface area contributed by atoms with Crippen LogP contribution in [-0.2, 0) is 26.2 Å². The fourth-order valence-electron chi connectivity index (χ4n) is 4.23. The van der Waals surface area contributed by atoms with Gasteiger partial charge in [-0.2, -0.15) is 0 Å². The second-order valence-corrected chi connectivity index (χ2v) is 13.2. The summed E-state index contributed by atoms with van der Waals surface area (Å²) in [4.78, 5) is 28.7. The maximum absolute atomic E-state index is 14.1. The fourth-order valence-corrected chi connectivity index (χ4v) is 5.86. The van der Waals surface area contributed by atoms with Gasteiger partial charge in [-0.1, -0.05) is 41.4 Å². The maximum atomic E-state index is 14.1. The van der Waals surface area contributed by atoms with E-state index in [0.29, 0.717) is 16.3 Å². The highest BCUT2D eigenvalue weighted by molar-refractivity contribution is 7.92. The van der Waals surface area contributed by atoms with Crippen LogP contribution in [0.3, 0.4) is 0 Å². The van der Waals surface area contributed by atoms with Gasteiger partial charge in [0.25, 0.3) is 10.0 Å². The molecule has 2 amide bonds. The number of nitrogens with zero attached hydrogens (tertiary/aromatic N) is 2. The number of aryl methyl sites for hydroxylation is 1. The van der Waals surface area contributed by atoms with E-state index < -0.39 is 34.1 Å². The molecule has 42 heavy (non-hydrogen) atoms. The van der Waals surface area contributed by atoms with Crippen LogP contribution in [0.1, 0.15) is 38.8 Å². The van der Waals surface area contributed by atoms with Gasteiger partial charge in [0.15, 0.2) is 0 Å². The zero-order valence-corrected chi connectivity index (χ0v) is 26.5. The molecule has 0 unspecified atom stereocenters. The largest absolute Gasteiger partial charge is 0.497 e. The van der Waals surface area contributed by atoms with Gasteiger partial charge in [0.05, 0.1) is 24.8 Å². The number of methoxy groups -OCH3 is 2. The molecule has 11 heteroatoms. The third-order valence-corrected chi connectivity index (χ3v) is 8.46. The molecule has 0 saturated heterocycles. The average Bonchev–Trinajstić information content (AvgIpc) is 2.93. The first-order valence-corrected chi connectivity index (χ1v) is 15.2. The first-order valence-electron chi connectivity index (χ1n) is 13.3. The van der Waals surface area contributed by atoms with E-state index in [1.807, 2.05) is 27.7 Å². The summed E-state index contributed by atoms with van der Waals surface area (Å²) >= 11 is 6.21. The Bertz CT molecular complexity index is 1520. The molecule has 0 aliphatic rings. The van der Waals surface area contributed by atoms with E-state index in [1.165, 1.54) is 37.3 Å². The molecule has 226 valence electrons. The molecule has 3 aromatic rings. The second-order valence-electron chi connectivity index (χ2n) is 10.9. The number of anilines is 1. The Hall–Kier alpha value is -3.76. The number of halogens is 1. The molecule has 0 radical (unpaired) electrons. The minimum absolute atomic E-state index is 0.00862.